The fraction of sp³-hybridized carbons (Fsp3) is 0.0645. The van der Waals surface area contributed by atoms with E-state index in [2.05, 4.69) is 16.3 Å². The Bertz CT molecular complexity index is 1830. The van der Waals surface area contributed by atoms with Gasteiger partial charge in [0.25, 0.3) is 0 Å². The highest BCUT2D eigenvalue weighted by molar-refractivity contribution is 6.51. The van der Waals surface area contributed by atoms with Crippen molar-refractivity contribution in [2.24, 2.45) is 9.98 Å². The van der Waals surface area contributed by atoms with E-state index in [9.17, 15) is 0 Å². The van der Waals surface area contributed by atoms with Gasteiger partial charge in [0, 0.05) is 16.3 Å². The normalized spacial score (nSPS) is 15.5. The predicted molar refractivity (Wildman–Crippen MR) is 165 cm³/mol. The average Bonchev–Trinajstić information content (AvgIpc) is 3.31. The number of nitrogens with one attached hydrogen (secondary N) is 1. The molecule has 0 saturated carbocycles. The van der Waals surface area contributed by atoms with E-state index in [0.29, 0.717) is 26.7 Å². The summed E-state index contributed by atoms with van der Waals surface area (Å²) >= 11 is 19.1. The third kappa shape index (κ3) is 4.16. The van der Waals surface area contributed by atoms with Crippen LogP contribution < -0.4 is 10.2 Å². The molecule has 2 aliphatic heterocycles. The third-order valence-electron chi connectivity index (χ3n) is 7.01. The first kappa shape index (κ1) is 24.9. The number of aromatic nitrogens is 2. The van der Waals surface area contributed by atoms with Gasteiger partial charge in [-0.3, -0.25) is 0 Å². The standard InChI is InChI=1S/C31H21Cl3N6/c1-18-27-28(19-11-16-23(33)24(34)17-19)39-26-10-6-5-9-25(26)36-29(35-21-14-12-20(32)13-15-21)31(39)37-30(27)40(38-18)22-7-3-2-4-8-22/h2-17,28H,1H3,(H,35,36)/t28-/m1/s1. The molecule has 1 atom stereocenters. The number of aryl methyl sites for hydroxylation is 1. The number of para-hydroxylation sites is 3. The van der Waals surface area contributed by atoms with Crippen LogP contribution in [0.3, 0.4) is 0 Å². The average molecular weight is 584 g/mol. The molecule has 0 spiro atoms. The highest BCUT2D eigenvalue weighted by Crippen LogP contribution is 2.48. The highest BCUT2D eigenvalue weighted by atomic mass is 35.5. The molecular formula is C31H21Cl3N6. The van der Waals surface area contributed by atoms with E-state index in [1.165, 1.54) is 0 Å². The van der Waals surface area contributed by atoms with E-state index >= 15 is 0 Å². The fourth-order valence-corrected chi connectivity index (χ4v) is 5.65. The van der Waals surface area contributed by atoms with Gasteiger partial charge in [0.15, 0.2) is 17.5 Å². The second kappa shape index (κ2) is 9.82. The second-order valence-corrected chi connectivity index (χ2v) is 10.8. The van der Waals surface area contributed by atoms with Gasteiger partial charge in [-0.05, 0) is 73.2 Å². The van der Waals surface area contributed by atoms with E-state index in [-0.39, 0.29) is 6.04 Å². The van der Waals surface area contributed by atoms with Crippen LogP contribution in [0.1, 0.15) is 22.9 Å². The molecule has 7 rings (SSSR count). The zero-order valence-electron chi connectivity index (χ0n) is 21.2. The first-order valence-electron chi connectivity index (χ1n) is 12.7. The van der Waals surface area contributed by atoms with Gasteiger partial charge >= 0.3 is 0 Å². The number of aliphatic imine (C=N–C) groups is 2. The molecular weight excluding hydrogens is 563 g/mol. The SMILES string of the molecule is Cc1nn(-c2ccccc2)c2c1[C@@H](c1ccc(Cl)c(Cl)c1)N1C(=N2)C(Nc2ccc(Cl)cc2)=Nc2ccccc21. The fourth-order valence-electron chi connectivity index (χ4n) is 5.21. The maximum absolute atomic E-state index is 6.58. The lowest BCUT2D eigenvalue weighted by atomic mass is 9.93. The van der Waals surface area contributed by atoms with E-state index in [0.717, 1.165) is 45.4 Å². The summed E-state index contributed by atoms with van der Waals surface area (Å²) in [7, 11) is 0. The highest BCUT2D eigenvalue weighted by Gasteiger charge is 2.41. The molecule has 0 fully saturated rings. The lowest BCUT2D eigenvalue weighted by Gasteiger charge is -2.40. The molecule has 0 unspecified atom stereocenters. The first-order chi connectivity index (χ1) is 19.5. The van der Waals surface area contributed by atoms with E-state index in [1.54, 1.807) is 0 Å². The van der Waals surface area contributed by atoms with Crippen LogP contribution in [-0.2, 0) is 0 Å². The van der Waals surface area contributed by atoms with Crippen LogP contribution in [0.4, 0.5) is 22.9 Å². The van der Waals surface area contributed by atoms with Crippen molar-refractivity contribution < 1.29 is 0 Å². The Kier molecular flexibility index (Phi) is 6.12. The summed E-state index contributed by atoms with van der Waals surface area (Å²) < 4.78 is 1.89. The monoisotopic (exact) mass is 582 g/mol. The van der Waals surface area contributed by atoms with Gasteiger partial charge in [-0.2, -0.15) is 5.10 Å². The Morgan fingerprint density at radius 2 is 1.52 bits per heavy atom. The molecule has 0 radical (unpaired) electrons. The molecule has 0 amide bonds. The van der Waals surface area contributed by atoms with E-state index in [4.69, 9.17) is 49.9 Å². The Balaban J connectivity index is 1.50. The quantitative estimate of drug-likeness (QED) is 0.231. The maximum Gasteiger partial charge on any atom is 0.179 e. The summed E-state index contributed by atoms with van der Waals surface area (Å²) in [4.78, 5) is 12.5. The summed E-state index contributed by atoms with van der Waals surface area (Å²) in [5, 5.41) is 10.1. The van der Waals surface area contributed by atoms with Crippen molar-refractivity contribution in [3.05, 3.63) is 129 Å². The minimum Gasteiger partial charge on any atom is -0.337 e. The van der Waals surface area contributed by atoms with E-state index < -0.39 is 0 Å². The number of amidine groups is 2. The topological polar surface area (TPSA) is 57.8 Å². The summed E-state index contributed by atoms with van der Waals surface area (Å²) in [5.74, 6) is 2.00. The molecule has 0 saturated heterocycles. The molecule has 2 aliphatic rings. The summed E-state index contributed by atoms with van der Waals surface area (Å²) in [6, 6.07) is 31.0. The second-order valence-electron chi connectivity index (χ2n) is 9.53. The smallest absolute Gasteiger partial charge is 0.179 e. The molecule has 1 aromatic heterocycles. The van der Waals surface area contributed by atoms with Crippen LogP contribution in [-0.4, -0.2) is 21.5 Å². The number of rotatable bonds is 3. The number of benzene rings is 4. The molecule has 1 N–H and O–H groups in total. The summed E-state index contributed by atoms with van der Waals surface area (Å²) in [6.45, 7) is 2.01. The van der Waals surface area contributed by atoms with Gasteiger partial charge in [-0.1, -0.05) is 71.2 Å². The number of nitrogens with zero attached hydrogens (tertiary/aromatic N) is 5. The largest absolute Gasteiger partial charge is 0.337 e. The Hall–Kier alpha value is -4.10. The van der Waals surface area contributed by atoms with Crippen LogP contribution >= 0.6 is 34.8 Å². The van der Waals surface area contributed by atoms with Gasteiger partial charge in [0.1, 0.15) is 0 Å². The van der Waals surface area contributed by atoms with Gasteiger partial charge in [-0.25, -0.2) is 14.7 Å². The van der Waals surface area contributed by atoms with Crippen molar-refractivity contribution in [2.45, 2.75) is 13.0 Å². The molecule has 3 heterocycles. The van der Waals surface area contributed by atoms with Crippen LogP contribution in [0.15, 0.2) is 107 Å². The lowest BCUT2D eigenvalue weighted by molar-refractivity contribution is 0.815. The van der Waals surface area contributed by atoms with Crippen LogP contribution in [0, 0.1) is 6.92 Å². The van der Waals surface area contributed by atoms with Crippen molar-refractivity contribution >= 4 is 69.4 Å². The minimum atomic E-state index is -0.298. The molecule has 5 aromatic rings. The number of hydrogen-bond acceptors (Lipinski definition) is 5. The molecule has 0 bridgehead atoms. The zero-order valence-corrected chi connectivity index (χ0v) is 23.5. The Morgan fingerprint density at radius 3 is 2.30 bits per heavy atom. The van der Waals surface area contributed by atoms with Gasteiger partial charge in [0.05, 0.1) is 38.8 Å². The number of anilines is 2. The Labute approximate surface area is 246 Å². The zero-order chi connectivity index (χ0) is 27.4. The summed E-state index contributed by atoms with van der Waals surface area (Å²) in [5.41, 5.74) is 6.31. The molecule has 0 aliphatic carbocycles. The van der Waals surface area contributed by atoms with Gasteiger partial charge in [-0.15, -0.1) is 0 Å². The molecule has 9 heteroatoms. The Morgan fingerprint density at radius 1 is 0.775 bits per heavy atom. The third-order valence-corrected chi connectivity index (χ3v) is 8.00. The number of halogens is 3. The van der Waals surface area contributed by atoms with Crippen molar-refractivity contribution in [1.29, 1.82) is 0 Å². The lowest BCUT2D eigenvalue weighted by Crippen LogP contribution is -2.46. The van der Waals surface area contributed by atoms with Gasteiger partial charge in [0.2, 0.25) is 0 Å². The number of hydrogen-bond donors (Lipinski definition) is 1. The van der Waals surface area contributed by atoms with Crippen LogP contribution in [0.5, 0.6) is 0 Å². The van der Waals surface area contributed by atoms with Crippen molar-refractivity contribution in [3.63, 3.8) is 0 Å². The predicted octanol–water partition coefficient (Wildman–Crippen LogP) is 8.94. The number of fused-ring (bicyclic) bond motifs is 4. The van der Waals surface area contributed by atoms with Gasteiger partial charge < -0.3 is 10.2 Å². The van der Waals surface area contributed by atoms with Crippen LogP contribution in [0.2, 0.25) is 15.1 Å². The van der Waals surface area contributed by atoms with Crippen molar-refractivity contribution in [2.75, 3.05) is 10.2 Å². The van der Waals surface area contributed by atoms with Crippen molar-refractivity contribution in [3.8, 4) is 5.69 Å². The minimum absolute atomic E-state index is 0.298. The van der Waals surface area contributed by atoms with E-state index in [1.807, 2.05) is 103 Å². The maximum atomic E-state index is 6.58. The summed E-state index contributed by atoms with van der Waals surface area (Å²) in [6.07, 6.45) is 0. The molecule has 6 nitrogen and oxygen atoms in total. The van der Waals surface area contributed by atoms with Crippen LogP contribution in [0.25, 0.3) is 5.69 Å². The first-order valence-corrected chi connectivity index (χ1v) is 13.8. The molecule has 4 aromatic carbocycles. The molecule has 40 heavy (non-hydrogen) atoms. The van der Waals surface area contributed by atoms with Crippen molar-refractivity contribution in [1.82, 2.24) is 9.78 Å². The molecule has 196 valence electrons.